The predicted octanol–water partition coefficient (Wildman–Crippen LogP) is 2.95. The number of amides is 1. The summed E-state index contributed by atoms with van der Waals surface area (Å²) in [5.74, 6) is -0.179. The summed E-state index contributed by atoms with van der Waals surface area (Å²) >= 11 is 1.30. The Morgan fingerprint density at radius 3 is 2.61 bits per heavy atom. The highest BCUT2D eigenvalue weighted by molar-refractivity contribution is 7.09. The molecule has 0 aliphatic carbocycles. The third kappa shape index (κ3) is 5.33. The first-order valence-electron chi connectivity index (χ1n) is 7.68. The second-order valence-electron chi connectivity index (χ2n) is 6.23. The summed E-state index contributed by atoms with van der Waals surface area (Å²) in [6.45, 7) is 5.15. The van der Waals surface area contributed by atoms with Crippen molar-refractivity contribution in [3.05, 3.63) is 5.82 Å². The number of nitrogens with zero attached hydrogens (tertiary/aromatic N) is 3. The molecule has 0 saturated carbocycles. The average molecular weight is 350 g/mol. The lowest BCUT2D eigenvalue weighted by atomic mass is 9.97. The van der Waals surface area contributed by atoms with Crippen LogP contribution in [0.1, 0.15) is 32.5 Å². The van der Waals surface area contributed by atoms with Gasteiger partial charge in [-0.25, -0.2) is 4.98 Å². The second-order valence-corrected chi connectivity index (χ2v) is 6.98. The number of rotatable bonds is 5. The molecule has 2 heterocycles. The van der Waals surface area contributed by atoms with E-state index >= 15 is 0 Å². The van der Waals surface area contributed by atoms with E-state index in [9.17, 15) is 18.0 Å². The van der Waals surface area contributed by atoms with E-state index in [0.717, 1.165) is 22.3 Å². The van der Waals surface area contributed by atoms with Crippen LogP contribution < -0.4 is 5.32 Å². The Balaban J connectivity index is 1.74. The quantitative estimate of drug-likeness (QED) is 0.887. The first-order valence-corrected chi connectivity index (χ1v) is 8.45. The van der Waals surface area contributed by atoms with Gasteiger partial charge in [0.1, 0.15) is 5.82 Å². The summed E-state index contributed by atoms with van der Waals surface area (Å²) in [5, 5.41) is 3.95. The Hall–Kier alpha value is -1.38. The first kappa shape index (κ1) is 18.0. The predicted molar refractivity (Wildman–Crippen MR) is 82.3 cm³/mol. The van der Waals surface area contributed by atoms with E-state index in [2.05, 4.69) is 28.5 Å². The number of likely N-dealkylation sites (tertiary alicyclic amines) is 1. The lowest BCUT2D eigenvalue weighted by molar-refractivity contribution is -0.186. The SMILES string of the molecule is CC(C)Cc1nsc(NCC2CCN(C(=O)C(F)(F)F)CC2)n1. The van der Waals surface area contributed by atoms with E-state index in [1.54, 1.807) is 0 Å². The van der Waals surface area contributed by atoms with Crippen LogP contribution in [0.3, 0.4) is 0 Å². The minimum Gasteiger partial charge on any atom is -0.360 e. The fourth-order valence-corrected chi connectivity index (χ4v) is 3.13. The molecule has 1 fully saturated rings. The lowest BCUT2D eigenvalue weighted by Crippen LogP contribution is -2.46. The minimum absolute atomic E-state index is 0.152. The lowest BCUT2D eigenvalue weighted by Gasteiger charge is -2.32. The van der Waals surface area contributed by atoms with Gasteiger partial charge in [0, 0.05) is 37.6 Å². The molecule has 1 saturated heterocycles. The Labute approximate surface area is 137 Å². The number of carbonyl (C=O) groups is 1. The number of halogens is 3. The molecule has 2 rings (SSSR count). The smallest absolute Gasteiger partial charge is 0.360 e. The molecule has 1 aromatic rings. The van der Waals surface area contributed by atoms with Gasteiger partial charge in [0.2, 0.25) is 5.13 Å². The third-order valence-electron chi connectivity index (χ3n) is 3.75. The highest BCUT2D eigenvalue weighted by Crippen LogP contribution is 2.24. The molecule has 1 aromatic heterocycles. The summed E-state index contributed by atoms with van der Waals surface area (Å²) in [6, 6.07) is 0. The summed E-state index contributed by atoms with van der Waals surface area (Å²) in [4.78, 5) is 16.4. The monoisotopic (exact) mass is 350 g/mol. The maximum atomic E-state index is 12.4. The fraction of sp³-hybridized carbons (Fsp3) is 0.786. The zero-order valence-corrected chi connectivity index (χ0v) is 14.0. The highest BCUT2D eigenvalue weighted by Gasteiger charge is 2.43. The van der Waals surface area contributed by atoms with Crippen LogP contribution in [0.4, 0.5) is 18.3 Å². The van der Waals surface area contributed by atoms with Gasteiger partial charge in [-0.1, -0.05) is 13.8 Å². The van der Waals surface area contributed by atoms with Gasteiger partial charge in [0.15, 0.2) is 0 Å². The molecule has 0 atom stereocenters. The molecule has 5 nitrogen and oxygen atoms in total. The van der Waals surface area contributed by atoms with Crippen molar-refractivity contribution in [2.45, 2.75) is 39.3 Å². The number of hydrogen-bond donors (Lipinski definition) is 1. The second kappa shape index (κ2) is 7.46. The number of alkyl halides is 3. The van der Waals surface area contributed by atoms with Gasteiger partial charge in [0.05, 0.1) is 0 Å². The van der Waals surface area contributed by atoms with Crippen LogP contribution >= 0.6 is 11.5 Å². The molecule has 9 heteroatoms. The Bertz CT molecular complexity index is 524. The Kier molecular flexibility index (Phi) is 5.83. The molecule has 1 N–H and O–H groups in total. The minimum atomic E-state index is -4.77. The van der Waals surface area contributed by atoms with Crippen molar-refractivity contribution in [2.75, 3.05) is 25.0 Å². The topological polar surface area (TPSA) is 58.1 Å². The molecular formula is C14H21F3N4OS. The van der Waals surface area contributed by atoms with Crippen molar-refractivity contribution in [3.63, 3.8) is 0 Å². The molecule has 23 heavy (non-hydrogen) atoms. The molecule has 1 amide bonds. The van der Waals surface area contributed by atoms with Crippen LogP contribution in [-0.4, -0.2) is 46.0 Å². The van der Waals surface area contributed by atoms with E-state index in [4.69, 9.17) is 0 Å². The maximum Gasteiger partial charge on any atom is 0.471 e. The van der Waals surface area contributed by atoms with Crippen molar-refractivity contribution in [2.24, 2.45) is 11.8 Å². The van der Waals surface area contributed by atoms with Crippen LogP contribution in [0, 0.1) is 11.8 Å². The number of carbonyl (C=O) groups excluding carboxylic acids is 1. The molecular weight excluding hydrogens is 329 g/mol. The molecule has 1 aliphatic heterocycles. The molecule has 0 unspecified atom stereocenters. The van der Waals surface area contributed by atoms with Crippen molar-refractivity contribution in [1.82, 2.24) is 14.3 Å². The molecule has 0 spiro atoms. The molecule has 130 valence electrons. The summed E-state index contributed by atoms with van der Waals surface area (Å²) in [5.41, 5.74) is 0. The van der Waals surface area contributed by atoms with Gasteiger partial charge < -0.3 is 10.2 Å². The normalized spacial score (nSPS) is 16.9. The van der Waals surface area contributed by atoms with Crippen molar-refractivity contribution < 1.29 is 18.0 Å². The van der Waals surface area contributed by atoms with Gasteiger partial charge in [-0.05, 0) is 24.7 Å². The summed E-state index contributed by atoms with van der Waals surface area (Å²) < 4.78 is 41.4. The standard InChI is InChI=1S/C14H21F3N4OS/c1-9(2)7-11-19-13(23-20-11)18-8-10-3-5-21(6-4-10)12(22)14(15,16)17/h9-10H,3-8H2,1-2H3,(H,18,19,20). The maximum absolute atomic E-state index is 12.4. The zero-order chi connectivity index (χ0) is 17.0. The van der Waals surface area contributed by atoms with Gasteiger partial charge in [-0.2, -0.15) is 17.5 Å². The summed E-state index contributed by atoms with van der Waals surface area (Å²) in [7, 11) is 0. The number of nitrogens with one attached hydrogen (secondary N) is 1. The Morgan fingerprint density at radius 2 is 2.04 bits per heavy atom. The first-order chi connectivity index (χ1) is 10.8. The van der Waals surface area contributed by atoms with Crippen molar-refractivity contribution in [3.8, 4) is 0 Å². The van der Waals surface area contributed by atoms with Crippen LogP contribution in [-0.2, 0) is 11.2 Å². The third-order valence-corrected chi connectivity index (χ3v) is 4.46. The fourth-order valence-electron chi connectivity index (χ4n) is 2.52. The van der Waals surface area contributed by atoms with Crippen LogP contribution in [0.5, 0.6) is 0 Å². The van der Waals surface area contributed by atoms with Gasteiger partial charge >= 0.3 is 12.1 Å². The largest absolute Gasteiger partial charge is 0.471 e. The van der Waals surface area contributed by atoms with Crippen molar-refractivity contribution in [1.29, 1.82) is 0 Å². The number of aromatic nitrogens is 2. The van der Waals surface area contributed by atoms with E-state index < -0.39 is 12.1 Å². The Morgan fingerprint density at radius 1 is 1.39 bits per heavy atom. The van der Waals surface area contributed by atoms with E-state index in [1.807, 2.05) is 0 Å². The van der Waals surface area contributed by atoms with Crippen LogP contribution in [0.15, 0.2) is 0 Å². The van der Waals surface area contributed by atoms with Gasteiger partial charge in [-0.15, -0.1) is 0 Å². The van der Waals surface area contributed by atoms with Crippen molar-refractivity contribution >= 4 is 22.6 Å². The van der Waals surface area contributed by atoms with Crippen LogP contribution in [0.25, 0.3) is 0 Å². The zero-order valence-electron chi connectivity index (χ0n) is 13.2. The molecule has 0 bridgehead atoms. The number of piperidine rings is 1. The highest BCUT2D eigenvalue weighted by atomic mass is 32.1. The van der Waals surface area contributed by atoms with Gasteiger partial charge in [0.25, 0.3) is 0 Å². The molecule has 0 radical (unpaired) electrons. The van der Waals surface area contributed by atoms with E-state index in [0.29, 0.717) is 25.3 Å². The van der Waals surface area contributed by atoms with E-state index in [1.165, 1.54) is 11.5 Å². The van der Waals surface area contributed by atoms with Gasteiger partial charge in [-0.3, -0.25) is 4.79 Å². The molecule has 1 aliphatic rings. The number of anilines is 1. The van der Waals surface area contributed by atoms with E-state index in [-0.39, 0.29) is 19.0 Å². The summed E-state index contributed by atoms with van der Waals surface area (Å²) in [6.07, 6.45) is -2.82. The molecule has 0 aromatic carbocycles. The number of hydrogen-bond acceptors (Lipinski definition) is 5. The average Bonchev–Trinajstić information content (AvgIpc) is 2.90. The van der Waals surface area contributed by atoms with Crippen LogP contribution in [0.2, 0.25) is 0 Å².